The molecule has 0 aliphatic carbocycles. The molecule has 0 spiro atoms. The van der Waals surface area contributed by atoms with Crippen molar-refractivity contribution in [3.05, 3.63) is 28.8 Å². The van der Waals surface area contributed by atoms with Gasteiger partial charge in [-0.05, 0) is 25.1 Å². The third-order valence-electron chi connectivity index (χ3n) is 2.09. The number of carbonyl (C=O) groups is 1. The summed E-state index contributed by atoms with van der Waals surface area (Å²) in [6.45, 7) is 2.02. The molecule has 0 aliphatic rings. The van der Waals surface area contributed by atoms with Crippen molar-refractivity contribution in [2.24, 2.45) is 7.05 Å². The summed E-state index contributed by atoms with van der Waals surface area (Å²) in [5.74, 6) is -0.995. The topological polar surface area (TPSA) is 55.1 Å². The fourth-order valence-electron chi connectivity index (χ4n) is 1.37. The van der Waals surface area contributed by atoms with Crippen molar-refractivity contribution in [1.29, 1.82) is 0 Å². The lowest BCUT2D eigenvalue weighted by molar-refractivity contribution is 0.0689. The molecule has 1 N–H and O–H groups in total. The van der Waals surface area contributed by atoms with E-state index in [4.69, 9.17) is 5.11 Å². The molecular formula is C10H10N2O2S. The van der Waals surface area contributed by atoms with Crippen molar-refractivity contribution in [1.82, 2.24) is 9.78 Å². The van der Waals surface area contributed by atoms with Gasteiger partial charge in [-0.25, -0.2) is 4.79 Å². The number of carboxylic acids is 1. The van der Waals surface area contributed by atoms with E-state index in [0.717, 1.165) is 10.6 Å². The lowest BCUT2D eigenvalue weighted by Crippen LogP contribution is -1.99. The third kappa shape index (κ3) is 1.78. The molecule has 78 valence electrons. The SMILES string of the molecule is Cc1ccc(-c2cc(C(=O)O)nn2C)s1. The fourth-order valence-corrected chi connectivity index (χ4v) is 2.29. The van der Waals surface area contributed by atoms with Crippen LogP contribution in [0.4, 0.5) is 0 Å². The largest absolute Gasteiger partial charge is 0.476 e. The summed E-state index contributed by atoms with van der Waals surface area (Å²) in [5, 5.41) is 12.7. The van der Waals surface area contributed by atoms with Crippen LogP contribution in [0.1, 0.15) is 15.4 Å². The van der Waals surface area contributed by atoms with Crippen LogP contribution >= 0.6 is 11.3 Å². The highest BCUT2D eigenvalue weighted by Gasteiger charge is 2.13. The van der Waals surface area contributed by atoms with Gasteiger partial charge in [-0.2, -0.15) is 5.10 Å². The third-order valence-corrected chi connectivity index (χ3v) is 3.11. The summed E-state index contributed by atoms with van der Waals surface area (Å²) in [6.07, 6.45) is 0. The lowest BCUT2D eigenvalue weighted by atomic mass is 10.3. The number of aryl methyl sites for hydroxylation is 2. The predicted molar refractivity (Wildman–Crippen MR) is 58.2 cm³/mol. The number of thiophene rings is 1. The van der Waals surface area contributed by atoms with Crippen molar-refractivity contribution in [3.63, 3.8) is 0 Å². The van der Waals surface area contributed by atoms with Crippen LogP contribution in [0.15, 0.2) is 18.2 Å². The number of aromatic carboxylic acids is 1. The number of rotatable bonds is 2. The molecule has 0 amide bonds. The van der Waals surface area contributed by atoms with E-state index in [9.17, 15) is 4.79 Å². The maximum Gasteiger partial charge on any atom is 0.356 e. The minimum Gasteiger partial charge on any atom is -0.476 e. The molecule has 0 unspecified atom stereocenters. The Kier molecular flexibility index (Phi) is 2.32. The van der Waals surface area contributed by atoms with Gasteiger partial charge in [0.15, 0.2) is 5.69 Å². The van der Waals surface area contributed by atoms with Crippen molar-refractivity contribution >= 4 is 17.3 Å². The Morgan fingerprint density at radius 2 is 2.27 bits per heavy atom. The number of hydrogen-bond acceptors (Lipinski definition) is 3. The minimum atomic E-state index is -0.995. The summed E-state index contributed by atoms with van der Waals surface area (Å²) in [7, 11) is 1.75. The van der Waals surface area contributed by atoms with E-state index >= 15 is 0 Å². The van der Waals surface area contributed by atoms with Gasteiger partial charge in [-0.1, -0.05) is 0 Å². The van der Waals surface area contributed by atoms with E-state index in [1.807, 2.05) is 19.1 Å². The van der Waals surface area contributed by atoms with Crippen LogP contribution in [0.3, 0.4) is 0 Å². The molecule has 0 fully saturated rings. The molecule has 2 heterocycles. The zero-order chi connectivity index (χ0) is 11.0. The molecule has 0 aliphatic heterocycles. The number of nitrogens with zero attached hydrogens (tertiary/aromatic N) is 2. The van der Waals surface area contributed by atoms with E-state index in [0.29, 0.717) is 0 Å². The average Bonchev–Trinajstić information content (AvgIpc) is 2.71. The smallest absolute Gasteiger partial charge is 0.356 e. The van der Waals surface area contributed by atoms with E-state index in [1.165, 1.54) is 4.88 Å². The second-order valence-electron chi connectivity index (χ2n) is 3.25. The Labute approximate surface area is 90.8 Å². The van der Waals surface area contributed by atoms with Crippen LogP contribution in [0.5, 0.6) is 0 Å². The van der Waals surface area contributed by atoms with Crippen molar-refractivity contribution in [2.75, 3.05) is 0 Å². The van der Waals surface area contributed by atoms with Gasteiger partial charge in [0.1, 0.15) is 0 Å². The summed E-state index contributed by atoms with van der Waals surface area (Å²) in [6, 6.07) is 5.57. The number of aromatic nitrogens is 2. The Morgan fingerprint density at radius 3 is 2.73 bits per heavy atom. The molecule has 2 aromatic rings. The van der Waals surface area contributed by atoms with Gasteiger partial charge < -0.3 is 5.11 Å². The maximum absolute atomic E-state index is 10.7. The molecule has 15 heavy (non-hydrogen) atoms. The normalized spacial score (nSPS) is 10.5. The first-order valence-corrected chi connectivity index (χ1v) is 5.23. The Morgan fingerprint density at radius 1 is 1.53 bits per heavy atom. The molecule has 0 radical (unpaired) electrons. The first-order chi connectivity index (χ1) is 7.08. The average molecular weight is 222 g/mol. The Bertz CT molecular complexity index is 513. The number of carboxylic acid groups (broad SMARTS) is 1. The highest BCUT2D eigenvalue weighted by atomic mass is 32.1. The predicted octanol–water partition coefficient (Wildman–Crippen LogP) is 2.16. The van der Waals surface area contributed by atoms with Crippen LogP contribution in [0.2, 0.25) is 0 Å². The molecule has 0 saturated carbocycles. The van der Waals surface area contributed by atoms with Gasteiger partial charge in [-0.3, -0.25) is 4.68 Å². The summed E-state index contributed by atoms with van der Waals surface area (Å²) in [4.78, 5) is 13.0. The monoisotopic (exact) mass is 222 g/mol. The first-order valence-electron chi connectivity index (χ1n) is 4.42. The highest BCUT2D eigenvalue weighted by molar-refractivity contribution is 7.15. The van der Waals surface area contributed by atoms with Gasteiger partial charge >= 0.3 is 5.97 Å². The molecule has 0 saturated heterocycles. The van der Waals surface area contributed by atoms with Gasteiger partial charge in [0.25, 0.3) is 0 Å². The molecule has 0 bridgehead atoms. The van der Waals surface area contributed by atoms with Gasteiger partial charge in [-0.15, -0.1) is 11.3 Å². The van der Waals surface area contributed by atoms with E-state index in [2.05, 4.69) is 5.10 Å². The van der Waals surface area contributed by atoms with Crippen LogP contribution in [-0.2, 0) is 7.05 Å². The zero-order valence-corrected chi connectivity index (χ0v) is 9.21. The van der Waals surface area contributed by atoms with Crippen LogP contribution in [0.25, 0.3) is 10.6 Å². The molecule has 4 nitrogen and oxygen atoms in total. The number of hydrogen-bond donors (Lipinski definition) is 1. The second kappa shape index (κ2) is 3.51. The Hall–Kier alpha value is -1.62. The summed E-state index contributed by atoms with van der Waals surface area (Å²) < 4.78 is 1.59. The molecular weight excluding hydrogens is 212 g/mol. The highest BCUT2D eigenvalue weighted by Crippen LogP contribution is 2.27. The van der Waals surface area contributed by atoms with Crippen LogP contribution < -0.4 is 0 Å². The zero-order valence-electron chi connectivity index (χ0n) is 8.39. The van der Waals surface area contributed by atoms with Crippen LogP contribution in [-0.4, -0.2) is 20.9 Å². The standard InChI is InChI=1S/C10H10N2O2S/c1-6-3-4-9(15-6)8-5-7(10(13)14)11-12(8)2/h3-5H,1-2H3,(H,13,14). The minimum absolute atomic E-state index is 0.0820. The van der Waals surface area contributed by atoms with E-state index in [1.54, 1.807) is 29.1 Å². The Balaban J connectivity index is 2.49. The van der Waals surface area contributed by atoms with Crippen molar-refractivity contribution in [3.8, 4) is 10.6 Å². The summed E-state index contributed by atoms with van der Waals surface area (Å²) >= 11 is 1.63. The van der Waals surface area contributed by atoms with Crippen molar-refractivity contribution < 1.29 is 9.90 Å². The van der Waals surface area contributed by atoms with Gasteiger partial charge in [0.05, 0.1) is 10.6 Å². The molecule has 0 atom stereocenters. The molecule has 2 rings (SSSR count). The molecule has 0 aromatic carbocycles. The maximum atomic E-state index is 10.7. The first kappa shape index (κ1) is 9.92. The molecule has 2 aromatic heterocycles. The van der Waals surface area contributed by atoms with Gasteiger partial charge in [0.2, 0.25) is 0 Å². The lowest BCUT2D eigenvalue weighted by Gasteiger charge is -1.95. The quantitative estimate of drug-likeness (QED) is 0.847. The fraction of sp³-hybridized carbons (Fsp3) is 0.200. The van der Waals surface area contributed by atoms with Crippen molar-refractivity contribution in [2.45, 2.75) is 6.92 Å². The second-order valence-corrected chi connectivity index (χ2v) is 4.54. The van der Waals surface area contributed by atoms with E-state index < -0.39 is 5.97 Å². The van der Waals surface area contributed by atoms with E-state index in [-0.39, 0.29) is 5.69 Å². The van der Waals surface area contributed by atoms with Crippen LogP contribution in [0, 0.1) is 6.92 Å². The summed E-state index contributed by atoms with van der Waals surface area (Å²) in [5.41, 5.74) is 0.920. The molecule has 5 heteroatoms. The van der Waals surface area contributed by atoms with Gasteiger partial charge in [0, 0.05) is 11.9 Å².